The lowest BCUT2D eigenvalue weighted by Crippen LogP contribution is -2.14. The van der Waals surface area contributed by atoms with Crippen LogP contribution in [0.25, 0.3) is 6.08 Å². The molecule has 3 aromatic carbocycles. The maximum absolute atomic E-state index is 3.98. The molecule has 138 valence electrons. The first-order chi connectivity index (χ1) is 13.2. The molecule has 0 radical (unpaired) electrons. The summed E-state index contributed by atoms with van der Waals surface area (Å²) in [5.41, 5.74) is 5.46. The lowest BCUT2D eigenvalue weighted by molar-refractivity contribution is 1.08. The van der Waals surface area contributed by atoms with Crippen LogP contribution in [0, 0.1) is 0 Å². The van der Waals surface area contributed by atoms with Crippen LogP contribution in [0.5, 0.6) is 0 Å². The van der Waals surface area contributed by atoms with Gasteiger partial charge in [0.15, 0.2) is 0 Å². The van der Waals surface area contributed by atoms with Crippen molar-refractivity contribution >= 4 is 39.8 Å². The number of anilines is 1. The Labute approximate surface area is 167 Å². The van der Waals surface area contributed by atoms with Crippen LogP contribution in [0.15, 0.2) is 79.4 Å². The van der Waals surface area contributed by atoms with Gasteiger partial charge in [0.05, 0.1) is 0 Å². The summed E-state index contributed by atoms with van der Waals surface area (Å²) in [6, 6.07) is 26.3. The second kappa shape index (κ2) is 9.84. The van der Waals surface area contributed by atoms with E-state index in [0.29, 0.717) is 17.5 Å². The lowest BCUT2D eigenvalue weighted by Gasteiger charge is -2.29. The summed E-state index contributed by atoms with van der Waals surface area (Å²) >= 11 is 0. The standard InChI is InChI=1S/C24H27NP2/c1-4-19-17-20(5-2)24(21(6-3)18-19)25(26-22-13-9-7-10-14-22)27-23-15-11-8-12-16-23/h4,7-18,26-27H,1,5-6H2,2-3H3. The minimum Gasteiger partial charge on any atom is -0.326 e. The van der Waals surface area contributed by atoms with E-state index in [0.717, 1.165) is 12.8 Å². The molecule has 3 rings (SSSR count). The Kier molecular flexibility index (Phi) is 7.22. The van der Waals surface area contributed by atoms with Crippen LogP contribution >= 0.6 is 17.5 Å². The fraction of sp³-hybridized carbons (Fsp3) is 0.167. The van der Waals surface area contributed by atoms with Crippen molar-refractivity contribution in [3.05, 3.63) is 96.1 Å². The van der Waals surface area contributed by atoms with Crippen molar-refractivity contribution in [2.75, 3.05) is 4.44 Å². The van der Waals surface area contributed by atoms with E-state index in [-0.39, 0.29) is 0 Å². The summed E-state index contributed by atoms with van der Waals surface area (Å²) in [5, 5.41) is 2.75. The first-order valence-electron chi connectivity index (χ1n) is 9.47. The van der Waals surface area contributed by atoms with Gasteiger partial charge < -0.3 is 4.44 Å². The van der Waals surface area contributed by atoms with Crippen LogP contribution in [-0.2, 0) is 12.8 Å². The highest BCUT2D eigenvalue weighted by molar-refractivity contribution is 7.67. The first kappa shape index (κ1) is 19.8. The molecule has 2 atom stereocenters. The predicted octanol–water partition coefficient (Wildman–Crippen LogP) is 6.10. The Balaban J connectivity index is 2.07. The van der Waals surface area contributed by atoms with Crippen LogP contribution in [0.1, 0.15) is 30.5 Å². The van der Waals surface area contributed by atoms with E-state index >= 15 is 0 Å². The molecule has 0 aliphatic carbocycles. The van der Waals surface area contributed by atoms with Gasteiger partial charge in [0.25, 0.3) is 0 Å². The molecule has 0 bridgehead atoms. The van der Waals surface area contributed by atoms with Crippen LogP contribution in [0.4, 0.5) is 5.69 Å². The number of rotatable bonds is 8. The normalized spacial score (nSPS) is 11.5. The molecule has 1 nitrogen and oxygen atoms in total. The number of nitrogens with zero attached hydrogens (tertiary/aromatic N) is 1. The van der Waals surface area contributed by atoms with E-state index in [1.165, 1.54) is 33.0 Å². The van der Waals surface area contributed by atoms with Crippen molar-refractivity contribution < 1.29 is 0 Å². The van der Waals surface area contributed by atoms with Gasteiger partial charge in [-0.1, -0.05) is 87.2 Å². The molecule has 0 saturated carbocycles. The fourth-order valence-corrected chi connectivity index (χ4v) is 6.15. The highest BCUT2D eigenvalue weighted by Gasteiger charge is 2.17. The monoisotopic (exact) mass is 391 g/mol. The molecule has 27 heavy (non-hydrogen) atoms. The highest BCUT2D eigenvalue weighted by Crippen LogP contribution is 2.42. The molecule has 0 fully saturated rings. The Bertz CT molecular complexity index is 809. The van der Waals surface area contributed by atoms with Crippen molar-refractivity contribution in [3.8, 4) is 0 Å². The SMILES string of the molecule is C=Cc1cc(CC)c(N(Pc2ccccc2)Pc2ccccc2)c(CC)c1. The van der Waals surface area contributed by atoms with Gasteiger partial charge in [-0.15, -0.1) is 0 Å². The van der Waals surface area contributed by atoms with E-state index in [4.69, 9.17) is 0 Å². The topological polar surface area (TPSA) is 3.24 Å². The molecule has 0 spiro atoms. The number of benzene rings is 3. The van der Waals surface area contributed by atoms with E-state index in [2.05, 4.69) is 97.7 Å². The summed E-state index contributed by atoms with van der Waals surface area (Å²) < 4.78 is 2.59. The molecular weight excluding hydrogens is 364 g/mol. The molecule has 2 unspecified atom stereocenters. The minimum atomic E-state index is 0.615. The van der Waals surface area contributed by atoms with Crippen LogP contribution in [-0.4, -0.2) is 0 Å². The van der Waals surface area contributed by atoms with Gasteiger partial charge in [0, 0.05) is 23.2 Å². The molecule has 3 aromatic rings. The predicted molar refractivity (Wildman–Crippen MR) is 127 cm³/mol. The van der Waals surface area contributed by atoms with Crippen molar-refractivity contribution in [1.82, 2.24) is 0 Å². The van der Waals surface area contributed by atoms with Crippen molar-refractivity contribution in [2.45, 2.75) is 26.7 Å². The van der Waals surface area contributed by atoms with Crippen molar-refractivity contribution in [3.63, 3.8) is 0 Å². The summed E-state index contributed by atoms with van der Waals surface area (Å²) in [7, 11) is 1.23. The van der Waals surface area contributed by atoms with Gasteiger partial charge in [0.1, 0.15) is 0 Å². The van der Waals surface area contributed by atoms with Gasteiger partial charge in [0.2, 0.25) is 0 Å². The smallest absolute Gasteiger partial charge is 0.0499 e. The summed E-state index contributed by atoms with van der Waals surface area (Å²) in [4.78, 5) is 0. The molecular formula is C24H27NP2. The van der Waals surface area contributed by atoms with Crippen molar-refractivity contribution in [2.24, 2.45) is 0 Å². The average molecular weight is 391 g/mol. The Hall–Kier alpha value is -1.94. The molecule has 0 aliphatic heterocycles. The third kappa shape index (κ3) is 5.07. The van der Waals surface area contributed by atoms with E-state index in [1.54, 1.807) is 0 Å². The number of hydrogen-bond acceptors (Lipinski definition) is 1. The van der Waals surface area contributed by atoms with Gasteiger partial charge in [-0.25, -0.2) is 0 Å². The maximum atomic E-state index is 3.98. The third-order valence-corrected chi connectivity index (χ3v) is 7.29. The molecule has 0 saturated heterocycles. The number of hydrogen-bond donors (Lipinski definition) is 0. The Morgan fingerprint density at radius 1 is 0.778 bits per heavy atom. The van der Waals surface area contributed by atoms with Crippen LogP contribution < -0.4 is 15.1 Å². The number of aryl methyl sites for hydroxylation is 2. The first-order valence-corrected chi connectivity index (χ1v) is 11.4. The van der Waals surface area contributed by atoms with Gasteiger partial charge >= 0.3 is 0 Å². The average Bonchev–Trinajstić information content (AvgIpc) is 2.73. The second-order valence-corrected chi connectivity index (χ2v) is 9.33. The highest BCUT2D eigenvalue weighted by atomic mass is 31.1. The summed E-state index contributed by atoms with van der Waals surface area (Å²) in [6.07, 6.45) is 4.02. The largest absolute Gasteiger partial charge is 0.326 e. The maximum Gasteiger partial charge on any atom is 0.0499 e. The quantitative estimate of drug-likeness (QED) is 0.420. The Morgan fingerprint density at radius 3 is 1.59 bits per heavy atom. The van der Waals surface area contributed by atoms with Gasteiger partial charge in [-0.05, 0) is 52.3 Å². The minimum absolute atomic E-state index is 0.615. The zero-order valence-electron chi connectivity index (χ0n) is 16.1. The second-order valence-electron chi connectivity index (χ2n) is 6.39. The van der Waals surface area contributed by atoms with Crippen LogP contribution in [0.2, 0.25) is 0 Å². The summed E-state index contributed by atoms with van der Waals surface area (Å²) in [5.74, 6) is 0. The molecule has 0 aromatic heterocycles. The van der Waals surface area contributed by atoms with E-state index in [9.17, 15) is 0 Å². The van der Waals surface area contributed by atoms with Gasteiger partial charge in [-0.3, -0.25) is 0 Å². The zero-order valence-corrected chi connectivity index (χ0v) is 18.1. The molecule has 0 amide bonds. The summed E-state index contributed by atoms with van der Waals surface area (Å²) in [6.45, 7) is 8.48. The molecule has 0 N–H and O–H groups in total. The van der Waals surface area contributed by atoms with E-state index in [1.807, 2.05) is 6.08 Å². The molecule has 0 aliphatic rings. The Morgan fingerprint density at radius 2 is 1.22 bits per heavy atom. The molecule has 3 heteroatoms. The van der Waals surface area contributed by atoms with E-state index < -0.39 is 0 Å². The fourth-order valence-electron chi connectivity index (χ4n) is 3.15. The van der Waals surface area contributed by atoms with Crippen molar-refractivity contribution in [1.29, 1.82) is 0 Å². The lowest BCUT2D eigenvalue weighted by atomic mass is 9.99. The van der Waals surface area contributed by atoms with Crippen LogP contribution in [0.3, 0.4) is 0 Å². The molecule has 0 heterocycles. The zero-order chi connectivity index (χ0) is 19.1. The van der Waals surface area contributed by atoms with Gasteiger partial charge in [-0.2, -0.15) is 0 Å². The third-order valence-electron chi connectivity index (χ3n) is 4.54.